The molecule has 0 spiro atoms. The SMILES string of the molecule is CCCNc1cnc(C(C)C)nc1C(=O)NN(C)C. The van der Waals surface area contributed by atoms with Crippen LogP contribution in [0.5, 0.6) is 0 Å². The van der Waals surface area contributed by atoms with Crippen molar-refractivity contribution in [1.29, 1.82) is 0 Å². The van der Waals surface area contributed by atoms with Crippen LogP contribution in [-0.4, -0.2) is 41.5 Å². The maximum absolute atomic E-state index is 12.1. The van der Waals surface area contributed by atoms with Gasteiger partial charge in [-0.2, -0.15) is 0 Å². The van der Waals surface area contributed by atoms with E-state index in [0.29, 0.717) is 17.2 Å². The summed E-state index contributed by atoms with van der Waals surface area (Å²) in [5.74, 6) is 0.630. The fourth-order valence-corrected chi connectivity index (χ4v) is 1.49. The van der Waals surface area contributed by atoms with E-state index in [0.717, 1.165) is 13.0 Å². The number of nitrogens with one attached hydrogen (secondary N) is 2. The molecule has 1 aromatic rings. The van der Waals surface area contributed by atoms with Gasteiger partial charge in [-0.05, 0) is 6.42 Å². The second-order valence-corrected chi connectivity index (χ2v) is 4.91. The lowest BCUT2D eigenvalue weighted by atomic mass is 10.2. The van der Waals surface area contributed by atoms with Crippen LogP contribution in [0, 0.1) is 0 Å². The van der Waals surface area contributed by atoms with Crippen LogP contribution in [0.3, 0.4) is 0 Å². The molecular weight excluding hydrogens is 242 g/mol. The highest BCUT2D eigenvalue weighted by Gasteiger charge is 2.16. The van der Waals surface area contributed by atoms with Gasteiger partial charge in [-0.3, -0.25) is 10.2 Å². The van der Waals surface area contributed by atoms with E-state index in [1.54, 1.807) is 25.3 Å². The normalized spacial score (nSPS) is 10.9. The molecule has 0 atom stereocenters. The van der Waals surface area contributed by atoms with E-state index in [4.69, 9.17) is 0 Å². The van der Waals surface area contributed by atoms with Crippen LogP contribution in [0.2, 0.25) is 0 Å². The lowest BCUT2D eigenvalue weighted by molar-refractivity contribution is 0.0852. The molecule has 0 aliphatic rings. The average molecular weight is 265 g/mol. The molecule has 1 amide bonds. The molecular formula is C13H23N5O. The van der Waals surface area contributed by atoms with Crippen LogP contribution in [0.1, 0.15) is 49.4 Å². The molecule has 0 aliphatic carbocycles. The first-order valence-corrected chi connectivity index (χ1v) is 6.54. The van der Waals surface area contributed by atoms with Crippen LogP contribution in [0.25, 0.3) is 0 Å². The molecule has 1 aromatic heterocycles. The van der Waals surface area contributed by atoms with Crippen molar-refractivity contribution in [3.8, 4) is 0 Å². The van der Waals surface area contributed by atoms with Crippen LogP contribution in [0.15, 0.2) is 6.20 Å². The molecule has 0 aliphatic heterocycles. The minimum absolute atomic E-state index is 0.186. The lowest BCUT2D eigenvalue weighted by Gasteiger charge is -2.15. The van der Waals surface area contributed by atoms with Crippen molar-refractivity contribution in [3.05, 3.63) is 17.7 Å². The number of amides is 1. The van der Waals surface area contributed by atoms with Gasteiger partial charge >= 0.3 is 0 Å². The number of hydrazine groups is 1. The van der Waals surface area contributed by atoms with Crippen molar-refractivity contribution < 1.29 is 4.79 Å². The van der Waals surface area contributed by atoms with Crippen LogP contribution >= 0.6 is 0 Å². The number of anilines is 1. The van der Waals surface area contributed by atoms with Gasteiger partial charge in [0, 0.05) is 26.6 Å². The van der Waals surface area contributed by atoms with Gasteiger partial charge in [-0.1, -0.05) is 20.8 Å². The third-order valence-corrected chi connectivity index (χ3v) is 2.43. The number of nitrogens with zero attached hydrogens (tertiary/aromatic N) is 3. The monoisotopic (exact) mass is 265 g/mol. The van der Waals surface area contributed by atoms with Gasteiger partial charge in [-0.15, -0.1) is 0 Å². The molecule has 0 radical (unpaired) electrons. The van der Waals surface area contributed by atoms with Gasteiger partial charge < -0.3 is 5.32 Å². The zero-order valence-electron chi connectivity index (χ0n) is 12.3. The molecule has 19 heavy (non-hydrogen) atoms. The minimum atomic E-state index is -0.229. The molecule has 0 saturated heterocycles. The number of carbonyl (C=O) groups excluding carboxylic acids is 1. The summed E-state index contributed by atoms with van der Waals surface area (Å²) >= 11 is 0. The maximum Gasteiger partial charge on any atom is 0.286 e. The van der Waals surface area contributed by atoms with Crippen molar-refractivity contribution in [2.24, 2.45) is 0 Å². The minimum Gasteiger partial charge on any atom is -0.382 e. The fraction of sp³-hybridized carbons (Fsp3) is 0.615. The molecule has 0 fully saturated rings. The molecule has 0 aromatic carbocycles. The molecule has 2 N–H and O–H groups in total. The Balaban J connectivity index is 3.06. The first kappa shape index (κ1) is 15.4. The van der Waals surface area contributed by atoms with Gasteiger partial charge in [0.05, 0.1) is 11.9 Å². The highest BCUT2D eigenvalue weighted by molar-refractivity contribution is 5.97. The topological polar surface area (TPSA) is 70.1 Å². The Labute approximate surface area is 114 Å². The standard InChI is InChI=1S/C13H23N5O/c1-6-7-14-10-8-15-12(9(2)3)16-11(10)13(19)17-18(4)5/h8-9,14H,6-7H2,1-5H3,(H,17,19). The Hall–Kier alpha value is -1.69. The Morgan fingerprint density at radius 1 is 1.42 bits per heavy atom. The van der Waals surface area contributed by atoms with Gasteiger partial charge in [0.2, 0.25) is 0 Å². The van der Waals surface area contributed by atoms with E-state index in [2.05, 4.69) is 27.6 Å². The molecule has 0 bridgehead atoms. The van der Waals surface area contributed by atoms with E-state index in [1.807, 2.05) is 13.8 Å². The van der Waals surface area contributed by atoms with Crippen LogP contribution in [-0.2, 0) is 0 Å². The number of hydrogen-bond acceptors (Lipinski definition) is 5. The molecule has 6 nitrogen and oxygen atoms in total. The van der Waals surface area contributed by atoms with E-state index in [1.165, 1.54) is 0 Å². The number of hydrogen-bond donors (Lipinski definition) is 2. The summed E-state index contributed by atoms with van der Waals surface area (Å²) in [5, 5.41) is 4.78. The van der Waals surface area contributed by atoms with Gasteiger partial charge in [0.25, 0.3) is 5.91 Å². The zero-order valence-corrected chi connectivity index (χ0v) is 12.3. The van der Waals surface area contributed by atoms with Gasteiger partial charge in [0.1, 0.15) is 5.82 Å². The Kier molecular flexibility index (Phi) is 5.69. The van der Waals surface area contributed by atoms with Crippen molar-refractivity contribution in [2.45, 2.75) is 33.1 Å². The van der Waals surface area contributed by atoms with Crippen molar-refractivity contribution >= 4 is 11.6 Å². The summed E-state index contributed by atoms with van der Waals surface area (Å²) in [4.78, 5) is 20.8. The Morgan fingerprint density at radius 3 is 2.63 bits per heavy atom. The fourth-order valence-electron chi connectivity index (χ4n) is 1.49. The Bertz CT molecular complexity index is 431. The molecule has 106 valence electrons. The predicted octanol–water partition coefficient (Wildman–Crippen LogP) is 1.63. The summed E-state index contributed by atoms with van der Waals surface area (Å²) in [6, 6.07) is 0. The molecule has 0 saturated carbocycles. The first-order valence-electron chi connectivity index (χ1n) is 6.54. The molecule has 6 heteroatoms. The molecule has 0 unspecified atom stereocenters. The summed E-state index contributed by atoms with van der Waals surface area (Å²) in [7, 11) is 3.53. The third-order valence-electron chi connectivity index (χ3n) is 2.43. The smallest absolute Gasteiger partial charge is 0.286 e. The lowest BCUT2D eigenvalue weighted by Crippen LogP contribution is -2.37. The van der Waals surface area contributed by atoms with Crippen LogP contribution in [0.4, 0.5) is 5.69 Å². The highest BCUT2D eigenvalue weighted by atomic mass is 16.2. The van der Waals surface area contributed by atoms with Crippen molar-refractivity contribution in [2.75, 3.05) is 26.0 Å². The van der Waals surface area contributed by atoms with E-state index in [-0.39, 0.29) is 11.8 Å². The van der Waals surface area contributed by atoms with E-state index < -0.39 is 0 Å². The van der Waals surface area contributed by atoms with Gasteiger partial charge in [0.15, 0.2) is 5.69 Å². The number of aromatic nitrogens is 2. The number of carbonyl (C=O) groups is 1. The van der Waals surface area contributed by atoms with Crippen molar-refractivity contribution in [1.82, 2.24) is 20.4 Å². The van der Waals surface area contributed by atoms with Crippen LogP contribution < -0.4 is 10.7 Å². The summed E-state index contributed by atoms with van der Waals surface area (Å²) in [6.07, 6.45) is 2.66. The quantitative estimate of drug-likeness (QED) is 0.765. The average Bonchev–Trinajstić information content (AvgIpc) is 2.35. The molecule has 1 heterocycles. The Morgan fingerprint density at radius 2 is 2.11 bits per heavy atom. The van der Waals surface area contributed by atoms with Gasteiger partial charge in [-0.25, -0.2) is 15.0 Å². The second-order valence-electron chi connectivity index (χ2n) is 4.91. The predicted molar refractivity (Wildman–Crippen MR) is 76.1 cm³/mol. The molecule has 1 rings (SSSR count). The first-order chi connectivity index (χ1) is 8.95. The zero-order chi connectivity index (χ0) is 14.4. The maximum atomic E-state index is 12.1. The van der Waals surface area contributed by atoms with E-state index >= 15 is 0 Å². The largest absolute Gasteiger partial charge is 0.382 e. The highest BCUT2D eigenvalue weighted by Crippen LogP contribution is 2.16. The summed E-state index contributed by atoms with van der Waals surface area (Å²) in [6.45, 7) is 6.85. The third kappa shape index (κ3) is 4.48. The summed E-state index contributed by atoms with van der Waals surface area (Å²) in [5.41, 5.74) is 3.77. The number of rotatable bonds is 6. The second kappa shape index (κ2) is 7.04. The van der Waals surface area contributed by atoms with E-state index in [9.17, 15) is 4.79 Å². The van der Waals surface area contributed by atoms with Crippen molar-refractivity contribution in [3.63, 3.8) is 0 Å². The summed E-state index contributed by atoms with van der Waals surface area (Å²) < 4.78 is 0.